The minimum atomic E-state index is -0.334. The van der Waals surface area contributed by atoms with Crippen molar-refractivity contribution in [3.8, 4) is 0 Å². The Morgan fingerprint density at radius 1 is 1.04 bits per heavy atom. The number of rotatable bonds is 5. The van der Waals surface area contributed by atoms with Gasteiger partial charge in [-0.2, -0.15) is 0 Å². The topological polar surface area (TPSA) is 58.2 Å². The summed E-state index contributed by atoms with van der Waals surface area (Å²) in [5, 5.41) is 6.06. The van der Waals surface area contributed by atoms with E-state index in [1.54, 1.807) is 42.5 Å². The first-order chi connectivity index (χ1) is 12.4. The first-order valence-corrected chi connectivity index (χ1v) is 9.13. The first-order valence-electron chi connectivity index (χ1n) is 8.31. The van der Waals surface area contributed by atoms with Crippen molar-refractivity contribution in [1.29, 1.82) is 0 Å². The van der Waals surface area contributed by atoms with Crippen molar-refractivity contribution in [1.82, 2.24) is 0 Å². The summed E-state index contributed by atoms with van der Waals surface area (Å²) >= 11 is 1.25. The van der Waals surface area contributed by atoms with Crippen molar-refractivity contribution in [2.45, 2.75) is 20.3 Å². The van der Waals surface area contributed by atoms with E-state index in [1.165, 1.54) is 17.4 Å². The summed E-state index contributed by atoms with van der Waals surface area (Å²) in [7, 11) is 0. The van der Waals surface area contributed by atoms with Crippen LogP contribution in [0, 0.1) is 11.7 Å². The number of amides is 2. The quantitative estimate of drug-likeness (QED) is 0.642. The summed E-state index contributed by atoms with van der Waals surface area (Å²) in [6, 6.07) is 13.3. The molecule has 6 heteroatoms. The van der Waals surface area contributed by atoms with Crippen molar-refractivity contribution in [2.75, 3.05) is 10.6 Å². The maximum Gasteiger partial charge on any atom is 0.265 e. The monoisotopic (exact) mass is 370 g/mol. The Kier molecular flexibility index (Phi) is 5.32. The van der Waals surface area contributed by atoms with E-state index < -0.39 is 0 Å². The highest BCUT2D eigenvalue weighted by Gasteiger charge is 2.13. The molecule has 0 spiro atoms. The number of carbonyl (C=O) groups excluding carboxylic acids is 2. The fraction of sp³-hybridized carbons (Fsp3) is 0.200. The van der Waals surface area contributed by atoms with Crippen LogP contribution in [0.3, 0.4) is 0 Å². The number of carbonyl (C=O) groups is 2. The van der Waals surface area contributed by atoms with Gasteiger partial charge in [-0.25, -0.2) is 4.39 Å². The third-order valence-electron chi connectivity index (χ3n) is 3.75. The molecule has 0 radical (unpaired) electrons. The average Bonchev–Trinajstić information content (AvgIpc) is 3.02. The Balaban J connectivity index is 1.67. The summed E-state index contributed by atoms with van der Waals surface area (Å²) in [4.78, 5) is 24.6. The van der Waals surface area contributed by atoms with Crippen LogP contribution in [0.1, 0.15) is 29.9 Å². The largest absolute Gasteiger partial charge is 0.326 e. The smallest absolute Gasteiger partial charge is 0.265 e. The van der Waals surface area contributed by atoms with Crippen LogP contribution < -0.4 is 10.6 Å². The fourth-order valence-corrected chi connectivity index (χ4v) is 3.52. The third-order valence-corrected chi connectivity index (χ3v) is 4.85. The van der Waals surface area contributed by atoms with E-state index in [4.69, 9.17) is 0 Å². The van der Waals surface area contributed by atoms with Gasteiger partial charge in [0.25, 0.3) is 5.91 Å². The van der Waals surface area contributed by atoms with Gasteiger partial charge in [-0.05, 0) is 48.4 Å². The second kappa shape index (κ2) is 7.66. The highest BCUT2D eigenvalue weighted by molar-refractivity contribution is 7.20. The molecule has 0 atom stereocenters. The van der Waals surface area contributed by atoms with E-state index in [1.807, 2.05) is 13.8 Å². The van der Waals surface area contributed by atoms with Crippen molar-refractivity contribution >= 4 is 44.6 Å². The van der Waals surface area contributed by atoms with Crippen LogP contribution in [-0.2, 0) is 4.79 Å². The van der Waals surface area contributed by atoms with Crippen molar-refractivity contribution in [3.05, 3.63) is 59.2 Å². The molecule has 0 bridgehead atoms. The Morgan fingerprint density at radius 3 is 2.31 bits per heavy atom. The van der Waals surface area contributed by atoms with E-state index >= 15 is 0 Å². The van der Waals surface area contributed by atoms with Gasteiger partial charge in [0.05, 0.1) is 4.88 Å². The molecule has 0 aliphatic heterocycles. The minimum Gasteiger partial charge on any atom is -0.326 e. The number of benzene rings is 2. The number of halogens is 1. The summed E-state index contributed by atoms with van der Waals surface area (Å²) in [6.07, 6.45) is 0.459. The van der Waals surface area contributed by atoms with Gasteiger partial charge in [-0.3, -0.25) is 9.59 Å². The molecule has 0 saturated carbocycles. The van der Waals surface area contributed by atoms with E-state index in [-0.39, 0.29) is 17.6 Å². The number of anilines is 2. The molecular weight excluding hydrogens is 351 g/mol. The molecule has 3 rings (SSSR count). The van der Waals surface area contributed by atoms with Crippen LogP contribution in [0.5, 0.6) is 0 Å². The third kappa shape index (κ3) is 4.26. The predicted molar refractivity (Wildman–Crippen MR) is 104 cm³/mol. The lowest BCUT2D eigenvalue weighted by Crippen LogP contribution is -2.14. The molecule has 0 fully saturated rings. The van der Waals surface area contributed by atoms with Gasteiger partial charge in [0, 0.05) is 27.9 Å². The SMILES string of the molecule is CC(C)CC(=O)Nc1ccc(NC(=O)c2cc3c(F)cccc3s2)cc1. The maximum atomic E-state index is 13.8. The standard InChI is InChI=1S/C20H19FN2O2S/c1-12(2)10-19(24)22-13-6-8-14(9-7-13)23-20(25)18-11-15-16(21)4-3-5-17(15)26-18/h3-9,11-12H,10H2,1-2H3,(H,22,24)(H,23,25). The molecule has 134 valence electrons. The number of nitrogens with one attached hydrogen (secondary N) is 2. The van der Waals surface area contributed by atoms with Crippen LogP contribution >= 0.6 is 11.3 Å². The van der Waals surface area contributed by atoms with Gasteiger partial charge in [0.15, 0.2) is 0 Å². The maximum absolute atomic E-state index is 13.8. The van der Waals surface area contributed by atoms with Gasteiger partial charge < -0.3 is 10.6 Å². The van der Waals surface area contributed by atoms with E-state index in [9.17, 15) is 14.0 Å². The second-order valence-electron chi connectivity index (χ2n) is 6.44. The van der Waals surface area contributed by atoms with E-state index in [2.05, 4.69) is 10.6 Å². The van der Waals surface area contributed by atoms with Gasteiger partial charge in [0.1, 0.15) is 5.82 Å². The molecular formula is C20H19FN2O2S. The van der Waals surface area contributed by atoms with Crippen LogP contribution in [0.4, 0.5) is 15.8 Å². The Labute approximate surface area is 155 Å². The van der Waals surface area contributed by atoms with Gasteiger partial charge >= 0.3 is 0 Å². The molecule has 1 aromatic heterocycles. The predicted octanol–water partition coefficient (Wildman–Crippen LogP) is 5.28. The molecule has 2 amide bonds. The molecule has 0 saturated heterocycles. The van der Waals surface area contributed by atoms with Crippen LogP contribution in [0.2, 0.25) is 0 Å². The fourth-order valence-electron chi connectivity index (χ4n) is 2.55. The number of hydrogen-bond acceptors (Lipinski definition) is 3. The Morgan fingerprint density at radius 2 is 1.69 bits per heavy atom. The lowest BCUT2D eigenvalue weighted by atomic mass is 10.1. The molecule has 26 heavy (non-hydrogen) atoms. The molecule has 0 aliphatic carbocycles. The van der Waals surface area contributed by atoms with Gasteiger partial charge in [0.2, 0.25) is 5.91 Å². The first kappa shape index (κ1) is 18.1. The van der Waals surface area contributed by atoms with Crippen LogP contribution in [0.15, 0.2) is 48.5 Å². The van der Waals surface area contributed by atoms with Crippen molar-refractivity contribution in [3.63, 3.8) is 0 Å². The van der Waals surface area contributed by atoms with Gasteiger partial charge in [-0.15, -0.1) is 11.3 Å². The summed E-state index contributed by atoms with van der Waals surface area (Å²) < 4.78 is 14.5. The number of hydrogen-bond donors (Lipinski definition) is 2. The zero-order chi connectivity index (χ0) is 18.7. The zero-order valence-corrected chi connectivity index (χ0v) is 15.3. The molecule has 2 aromatic carbocycles. The van der Waals surface area contributed by atoms with Crippen LogP contribution in [0.25, 0.3) is 10.1 Å². The minimum absolute atomic E-state index is 0.0379. The second-order valence-corrected chi connectivity index (χ2v) is 7.52. The van der Waals surface area contributed by atoms with E-state index in [0.717, 1.165) is 4.70 Å². The molecule has 2 N–H and O–H groups in total. The molecule has 0 aliphatic rings. The highest BCUT2D eigenvalue weighted by Crippen LogP contribution is 2.28. The summed E-state index contributed by atoms with van der Waals surface area (Å²) in [5.74, 6) is -0.370. The van der Waals surface area contributed by atoms with E-state index in [0.29, 0.717) is 34.0 Å². The average molecular weight is 370 g/mol. The summed E-state index contributed by atoms with van der Waals surface area (Å²) in [5.41, 5.74) is 1.28. The summed E-state index contributed by atoms with van der Waals surface area (Å²) in [6.45, 7) is 3.97. The molecule has 4 nitrogen and oxygen atoms in total. The van der Waals surface area contributed by atoms with Gasteiger partial charge in [-0.1, -0.05) is 19.9 Å². The lowest BCUT2D eigenvalue weighted by Gasteiger charge is -2.08. The molecule has 0 unspecified atom stereocenters. The van der Waals surface area contributed by atoms with Crippen molar-refractivity contribution in [2.24, 2.45) is 5.92 Å². The van der Waals surface area contributed by atoms with Crippen LogP contribution in [-0.4, -0.2) is 11.8 Å². The molecule has 1 heterocycles. The normalized spacial score (nSPS) is 10.9. The molecule has 3 aromatic rings. The Hall–Kier alpha value is -2.73. The number of thiophene rings is 1. The lowest BCUT2D eigenvalue weighted by molar-refractivity contribution is -0.116. The Bertz CT molecular complexity index is 948. The number of fused-ring (bicyclic) bond motifs is 1. The zero-order valence-electron chi connectivity index (χ0n) is 14.5. The highest BCUT2D eigenvalue weighted by atomic mass is 32.1. The van der Waals surface area contributed by atoms with Crippen molar-refractivity contribution < 1.29 is 14.0 Å².